The molecule has 31 heavy (non-hydrogen) atoms. The maximum absolute atomic E-state index is 13.0. The number of carbonyl (C=O) groups is 1. The van der Waals surface area contributed by atoms with Gasteiger partial charge in [0.15, 0.2) is 6.10 Å². The Balaban J connectivity index is 2.12. The smallest absolute Gasteiger partial charge is 0.339 e. The van der Waals surface area contributed by atoms with Crippen LogP contribution in [0.2, 0.25) is 0 Å². The first-order valence-corrected chi connectivity index (χ1v) is 10.8. The average Bonchev–Trinajstić information content (AvgIpc) is 3.06. The molecule has 3 aromatic rings. The highest BCUT2D eigenvalue weighted by Crippen LogP contribution is 2.46. The fraction of sp³-hybridized carbons (Fsp3) is 0.423. The third-order valence-electron chi connectivity index (χ3n) is 5.98. The van der Waals surface area contributed by atoms with Crippen molar-refractivity contribution < 1.29 is 14.3 Å². The van der Waals surface area contributed by atoms with Crippen molar-refractivity contribution in [2.24, 2.45) is 0 Å². The van der Waals surface area contributed by atoms with Crippen molar-refractivity contribution in [1.29, 1.82) is 0 Å². The average molecular weight is 421 g/mol. The quantitative estimate of drug-likeness (QED) is 0.551. The molecule has 0 saturated carbocycles. The largest absolute Gasteiger partial charge is 0.467 e. The van der Waals surface area contributed by atoms with Crippen LogP contribution in [0.3, 0.4) is 0 Å². The third kappa shape index (κ3) is 3.72. The molecule has 2 heterocycles. The summed E-state index contributed by atoms with van der Waals surface area (Å²) >= 11 is 0. The Morgan fingerprint density at radius 1 is 1.13 bits per heavy atom. The zero-order chi connectivity index (χ0) is 22.5. The lowest BCUT2D eigenvalue weighted by molar-refractivity contribution is -0.164. The second-order valence-electron chi connectivity index (χ2n) is 9.41. The highest BCUT2D eigenvalue weighted by atomic mass is 16.6. The fourth-order valence-corrected chi connectivity index (χ4v) is 4.62. The Labute approximate surface area is 184 Å². The Hall–Kier alpha value is -2.79. The number of esters is 1. The minimum Gasteiger partial charge on any atom is -0.467 e. The van der Waals surface area contributed by atoms with Gasteiger partial charge in [-0.25, -0.2) is 4.79 Å². The van der Waals surface area contributed by atoms with Crippen molar-refractivity contribution >= 4 is 22.6 Å². The molecule has 0 aliphatic carbocycles. The monoisotopic (exact) mass is 420 g/mol. The summed E-state index contributed by atoms with van der Waals surface area (Å²) < 4.78 is 13.9. The Bertz CT molecular complexity index is 1150. The van der Waals surface area contributed by atoms with Crippen LogP contribution in [0.25, 0.3) is 22.0 Å². The molecule has 0 radical (unpaired) electrons. The van der Waals surface area contributed by atoms with E-state index in [1.807, 2.05) is 20.8 Å². The van der Waals surface area contributed by atoms with Crippen molar-refractivity contribution in [3.05, 3.63) is 52.7 Å². The molecule has 5 nitrogen and oxygen atoms in total. The molecule has 2 aromatic carbocycles. The van der Waals surface area contributed by atoms with Crippen LogP contribution in [-0.4, -0.2) is 29.8 Å². The number of aromatic nitrogens is 1. The molecule has 1 atom stereocenters. The van der Waals surface area contributed by atoms with E-state index in [4.69, 9.17) is 9.47 Å². The number of benzene rings is 2. The SMILES string of the molecule is COC(=O)C(OC(C)(C)C)c1c(C)c2c3c(cc(C)n3CCN2)c1-c1ccc(C)cc1. The van der Waals surface area contributed by atoms with Crippen molar-refractivity contribution in [2.45, 2.75) is 59.8 Å². The molecule has 0 fully saturated rings. The van der Waals surface area contributed by atoms with Crippen LogP contribution in [0.1, 0.15) is 49.3 Å². The molecule has 0 bridgehead atoms. The first-order chi connectivity index (χ1) is 14.6. The molecule has 164 valence electrons. The van der Waals surface area contributed by atoms with Gasteiger partial charge >= 0.3 is 5.97 Å². The lowest BCUT2D eigenvalue weighted by atomic mass is 9.87. The van der Waals surface area contributed by atoms with Crippen molar-refractivity contribution in [2.75, 3.05) is 19.0 Å². The second kappa shape index (κ2) is 7.72. The van der Waals surface area contributed by atoms with Gasteiger partial charge in [-0.2, -0.15) is 0 Å². The fourth-order valence-electron chi connectivity index (χ4n) is 4.62. The van der Waals surface area contributed by atoms with Crippen LogP contribution in [-0.2, 0) is 20.8 Å². The van der Waals surface area contributed by atoms with Gasteiger partial charge in [0, 0.05) is 29.7 Å². The molecule has 1 unspecified atom stereocenters. The Morgan fingerprint density at radius 3 is 2.42 bits per heavy atom. The van der Waals surface area contributed by atoms with Gasteiger partial charge in [0.1, 0.15) is 0 Å². The number of aryl methyl sites for hydroxylation is 2. The van der Waals surface area contributed by atoms with Crippen LogP contribution in [0, 0.1) is 20.8 Å². The number of carbonyl (C=O) groups excluding carboxylic acids is 1. The minimum atomic E-state index is -0.825. The first-order valence-electron chi connectivity index (χ1n) is 10.8. The number of ether oxygens (including phenoxy) is 2. The summed E-state index contributed by atoms with van der Waals surface area (Å²) in [7, 11) is 1.42. The molecule has 5 heteroatoms. The highest BCUT2D eigenvalue weighted by Gasteiger charge is 2.35. The summed E-state index contributed by atoms with van der Waals surface area (Å²) in [6.45, 7) is 14.0. The van der Waals surface area contributed by atoms with Crippen LogP contribution in [0.15, 0.2) is 30.3 Å². The van der Waals surface area contributed by atoms with Crippen LogP contribution >= 0.6 is 0 Å². The van der Waals surface area contributed by atoms with Crippen LogP contribution < -0.4 is 5.32 Å². The summed E-state index contributed by atoms with van der Waals surface area (Å²) in [5.74, 6) is -0.384. The molecular formula is C26H32N2O3. The van der Waals surface area contributed by atoms with Crippen molar-refractivity contribution in [3.63, 3.8) is 0 Å². The topological polar surface area (TPSA) is 52.5 Å². The zero-order valence-electron chi connectivity index (χ0n) is 19.6. The van der Waals surface area contributed by atoms with Crippen LogP contribution in [0.4, 0.5) is 5.69 Å². The van der Waals surface area contributed by atoms with Gasteiger partial charge in [0.2, 0.25) is 0 Å². The molecule has 0 amide bonds. The summed E-state index contributed by atoms with van der Waals surface area (Å²) in [6.07, 6.45) is -0.825. The van der Waals surface area contributed by atoms with Crippen molar-refractivity contribution in [3.8, 4) is 11.1 Å². The van der Waals surface area contributed by atoms with Crippen LogP contribution in [0.5, 0.6) is 0 Å². The summed E-state index contributed by atoms with van der Waals surface area (Å²) in [6, 6.07) is 10.7. The third-order valence-corrected chi connectivity index (χ3v) is 5.98. The van der Waals surface area contributed by atoms with E-state index < -0.39 is 11.7 Å². The predicted octanol–water partition coefficient (Wildman–Crippen LogP) is 5.69. The van der Waals surface area contributed by atoms with E-state index in [9.17, 15) is 4.79 Å². The first kappa shape index (κ1) is 21.4. The molecule has 1 aliphatic rings. The summed E-state index contributed by atoms with van der Waals surface area (Å²) in [5, 5.41) is 4.72. The molecule has 1 N–H and O–H groups in total. The van der Waals surface area contributed by atoms with Gasteiger partial charge in [-0.05, 0) is 64.3 Å². The number of anilines is 1. The lowest BCUT2D eigenvalue weighted by Gasteiger charge is -2.31. The minimum absolute atomic E-state index is 0.384. The number of nitrogens with one attached hydrogen (secondary N) is 1. The van der Waals surface area contributed by atoms with E-state index in [-0.39, 0.29) is 5.97 Å². The van der Waals surface area contributed by atoms with E-state index in [0.717, 1.165) is 46.4 Å². The van der Waals surface area contributed by atoms with Crippen molar-refractivity contribution in [1.82, 2.24) is 4.57 Å². The van der Waals surface area contributed by atoms with E-state index in [2.05, 4.69) is 61.0 Å². The lowest BCUT2D eigenvalue weighted by Crippen LogP contribution is -2.29. The molecule has 4 rings (SSSR count). The zero-order valence-corrected chi connectivity index (χ0v) is 19.6. The van der Waals surface area contributed by atoms with Gasteiger partial charge < -0.3 is 19.4 Å². The number of hydrogen-bond donors (Lipinski definition) is 1. The molecule has 1 aromatic heterocycles. The molecule has 0 spiro atoms. The highest BCUT2D eigenvalue weighted by molar-refractivity contribution is 6.07. The normalized spacial score (nSPS) is 14.4. The maximum atomic E-state index is 13.0. The Kier molecular flexibility index (Phi) is 5.34. The summed E-state index contributed by atoms with van der Waals surface area (Å²) in [4.78, 5) is 13.0. The molecule has 1 aliphatic heterocycles. The number of nitrogens with zero attached hydrogens (tertiary/aromatic N) is 1. The van der Waals surface area contributed by atoms with Gasteiger partial charge in [0.25, 0.3) is 0 Å². The predicted molar refractivity (Wildman–Crippen MR) is 126 cm³/mol. The van der Waals surface area contributed by atoms with Gasteiger partial charge in [0.05, 0.1) is 23.9 Å². The number of methoxy groups -OCH3 is 1. The molecular weight excluding hydrogens is 388 g/mol. The molecule has 0 saturated heterocycles. The van der Waals surface area contributed by atoms with E-state index in [0.29, 0.717) is 0 Å². The second-order valence-corrected chi connectivity index (χ2v) is 9.41. The number of hydrogen-bond acceptors (Lipinski definition) is 4. The van der Waals surface area contributed by atoms with E-state index in [1.165, 1.54) is 23.9 Å². The van der Waals surface area contributed by atoms with Gasteiger partial charge in [-0.3, -0.25) is 0 Å². The number of rotatable bonds is 4. The maximum Gasteiger partial charge on any atom is 0.339 e. The van der Waals surface area contributed by atoms with E-state index >= 15 is 0 Å². The standard InChI is InChI=1S/C26H32N2O3/c1-15-8-10-18(11-9-15)21-19-14-16(2)28-13-12-27-22(23(19)28)17(3)20(21)24(25(29)30-7)31-26(4,5)6/h8-11,14,24,27H,12-13H2,1-7H3. The summed E-state index contributed by atoms with van der Waals surface area (Å²) in [5.41, 5.74) is 8.19. The van der Waals surface area contributed by atoms with E-state index in [1.54, 1.807) is 0 Å². The Morgan fingerprint density at radius 2 is 1.81 bits per heavy atom. The van der Waals surface area contributed by atoms with Gasteiger partial charge in [-0.1, -0.05) is 29.8 Å². The van der Waals surface area contributed by atoms with Gasteiger partial charge in [-0.15, -0.1) is 0 Å².